The van der Waals surface area contributed by atoms with E-state index in [4.69, 9.17) is 0 Å². The maximum atomic E-state index is 14.6. The SMILES string of the molecule is O=S(=O)(c1ccc(N2c3cccc[c]3[Ge]([c]3ccccc3)([c]3ccccc3)[c]3ccccc32)cc1)c1ccc(N2c3cccc[c]3[Ge]([c]3ccccc3)([c]3ccccc3)[c]3ccccc32)cc1. The van der Waals surface area contributed by atoms with Crippen molar-refractivity contribution in [2.75, 3.05) is 9.80 Å². The summed E-state index contributed by atoms with van der Waals surface area (Å²) < 4.78 is 40.0. The van der Waals surface area contributed by atoms with Gasteiger partial charge in [0.05, 0.1) is 0 Å². The van der Waals surface area contributed by atoms with E-state index in [2.05, 4.69) is 228 Å². The van der Waals surface area contributed by atoms with Crippen molar-refractivity contribution in [2.24, 2.45) is 0 Å². The molecular weight excluding hydrogens is 958 g/mol. The molecule has 0 fully saturated rings. The summed E-state index contributed by atoms with van der Waals surface area (Å²) in [4.78, 5) is 5.13. The number of para-hydroxylation sites is 4. The fraction of sp³-hybridized carbons (Fsp3) is 0. The zero-order valence-electron chi connectivity index (χ0n) is 36.5. The summed E-state index contributed by atoms with van der Waals surface area (Å²) in [7, 11) is -3.88. The van der Waals surface area contributed by atoms with Gasteiger partial charge < -0.3 is 0 Å². The summed E-state index contributed by atoms with van der Waals surface area (Å²) in [6.07, 6.45) is 0. The third kappa shape index (κ3) is 6.36. The monoisotopic (exact) mass is 1000 g/mol. The van der Waals surface area contributed by atoms with Gasteiger partial charge in [0.2, 0.25) is 0 Å². The molecule has 0 N–H and O–H groups in total. The van der Waals surface area contributed by atoms with Gasteiger partial charge in [-0.3, -0.25) is 0 Å². The summed E-state index contributed by atoms with van der Waals surface area (Å²) >= 11 is -7.07. The molecule has 2 aliphatic heterocycles. The molecule has 10 aromatic rings. The zero-order chi connectivity index (χ0) is 45.0. The minimum absolute atomic E-state index is 0.250. The van der Waals surface area contributed by atoms with E-state index in [9.17, 15) is 8.42 Å². The molecule has 10 aromatic carbocycles. The number of benzene rings is 10. The van der Waals surface area contributed by atoms with Crippen molar-refractivity contribution >= 4 is 106 Å². The van der Waals surface area contributed by atoms with Gasteiger partial charge >= 0.3 is 401 Å². The molecule has 0 atom stereocenters. The third-order valence-electron chi connectivity index (χ3n) is 13.8. The average molecular weight is 1000 g/mol. The number of sulfone groups is 1. The second-order valence-electron chi connectivity index (χ2n) is 17.2. The van der Waals surface area contributed by atoms with Crippen LogP contribution >= 0.6 is 0 Å². The Bertz CT molecular complexity index is 3130. The molecule has 0 aromatic heterocycles. The van der Waals surface area contributed by atoms with Gasteiger partial charge in [0, 0.05) is 0 Å². The van der Waals surface area contributed by atoms with Crippen molar-refractivity contribution in [3.63, 3.8) is 0 Å². The molecule has 0 aliphatic carbocycles. The summed E-state index contributed by atoms with van der Waals surface area (Å²) in [5.74, 6) is 0. The van der Waals surface area contributed by atoms with Crippen LogP contribution < -0.4 is 45.0 Å². The first kappa shape index (κ1) is 41.3. The molecule has 0 unspecified atom stereocenters. The van der Waals surface area contributed by atoms with Crippen LogP contribution in [0.1, 0.15) is 0 Å². The second-order valence-corrected chi connectivity index (χ2v) is 34.8. The number of rotatable bonds is 8. The Morgan fingerprint density at radius 2 is 0.478 bits per heavy atom. The molecule has 0 saturated carbocycles. The molecule has 0 amide bonds. The van der Waals surface area contributed by atoms with E-state index in [0.717, 1.165) is 34.1 Å². The van der Waals surface area contributed by atoms with Crippen LogP contribution in [0.15, 0.2) is 277 Å². The average Bonchev–Trinajstić information content (AvgIpc) is 3.40. The predicted molar refractivity (Wildman–Crippen MR) is 282 cm³/mol. The second kappa shape index (κ2) is 16.6. The molecule has 2 aliphatic rings. The fourth-order valence-corrected chi connectivity index (χ4v) is 33.7. The van der Waals surface area contributed by atoms with E-state index in [1.165, 1.54) is 35.2 Å². The molecule has 0 spiro atoms. The first-order valence-electron chi connectivity index (χ1n) is 22.7. The summed E-state index contributed by atoms with van der Waals surface area (Å²) in [5.41, 5.74) is 6.29. The Morgan fingerprint density at radius 1 is 0.254 bits per heavy atom. The van der Waals surface area contributed by atoms with Crippen LogP contribution in [0.25, 0.3) is 0 Å². The van der Waals surface area contributed by atoms with Gasteiger partial charge in [-0.15, -0.1) is 0 Å². The van der Waals surface area contributed by atoms with Crippen LogP contribution in [-0.4, -0.2) is 34.9 Å². The van der Waals surface area contributed by atoms with Crippen molar-refractivity contribution in [2.45, 2.75) is 9.79 Å². The number of anilines is 6. The van der Waals surface area contributed by atoms with E-state index in [0.29, 0.717) is 0 Å². The van der Waals surface area contributed by atoms with Crippen molar-refractivity contribution in [3.05, 3.63) is 267 Å². The van der Waals surface area contributed by atoms with Gasteiger partial charge in [-0.2, -0.15) is 0 Å². The van der Waals surface area contributed by atoms with Gasteiger partial charge in [-0.05, 0) is 0 Å². The van der Waals surface area contributed by atoms with Gasteiger partial charge in [-0.25, -0.2) is 0 Å². The minimum atomic E-state index is -3.88. The molecule has 0 radical (unpaired) electrons. The number of hydrogen-bond donors (Lipinski definition) is 0. The maximum absolute atomic E-state index is 14.6. The van der Waals surface area contributed by atoms with Crippen LogP contribution in [-0.2, 0) is 9.84 Å². The van der Waals surface area contributed by atoms with Gasteiger partial charge in [0.1, 0.15) is 0 Å². The van der Waals surface area contributed by atoms with Crippen LogP contribution in [0, 0.1) is 0 Å². The molecule has 2 heterocycles. The van der Waals surface area contributed by atoms with Crippen molar-refractivity contribution < 1.29 is 8.42 Å². The van der Waals surface area contributed by atoms with Crippen LogP contribution in [0.5, 0.6) is 0 Å². The Hall–Kier alpha value is -7.16. The number of fused-ring (bicyclic) bond motifs is 4. The van der Waals surface area contributed by atoms with Crippen molar-refractivity contribution in [3.8, 4) is 0 Å². The standard InChI is InChI=1S/C60H44Ge2N2O2S/c65-67(66,51-41-37-49(38-42-51)63-57-33-17-13-29-53(57)61(45-21-5-1-6-22-45,46-23-7-2-8-24-46)54-30-14-18-34-58(54)63)52-43-39-50(40-44-52)64-59-35-19-15-31-55(59)62(47-25-9-3-10-26-47,48-27-11-4-12-28-48)56-32-16-20-36-60(56)64/h1-44H. The van der Waals surface area contributed by atoms with Crippen molar-refractivity contribution in [1.82, 2.24) is 0 Å². The van der Waals surface area contributed by atoms with Gasteiger partial charge in [0.15, 0.2) is 0 Å². The summed E-state index contributed by atoms with van der Waals surface area (Å²) in [6.45, 7) is 0. The molecular formula is C60H44Ge2N2O2S. The summed E-state index contributed by atoms with van der Waals surface area (Å²) in [6, 6.07) is 94.1. The van der Waals surface area contributed by atoms with E-state index < -0.39 is 36.4 Å². The first-order chi connectivity index (χ1) is 33.0. The molecule has 12 rings (SSSR count). The summed E-state index contributed by atoms with van der Waals surface area (Å²) in [5, 5.41) is 0. The number of nitrogens with zero attached hydrogens (tertiary/aromatic N) is 2. The van der Waals surface area contributed by atoms with Crippen LogP contribution in [0.3, 0.4) is 0 Å². The topological polar surface area (TPSA) is 40.6 Å². The molecule has 67 heavy (non-hydrogen) atoms. The van der Waals surface area contributed by atoms with Gasteiger partial charge in [-0.1, -0.05) is 0 Å². The molecule has 0 saturated heterocycles. The molecule has 7 heteroatoms. The fourth-order valence-electron chi connectivity index (χ4n) is 11.1. The predicted octanol–water partition coefficient (Wildman–Crippen LogP) is 8.84. The van der Waals surface area contributed by atoms with E-state index in [1.807, 2.05) is 24.3 Å². The Morgan fingerprint density at radius 3 is 0.731 bits per heavy atom. The Kier molecular flexibility index (Phi) is 10.2. The third-order valence-corrected chi connectivity index (χ3v) is 36.0. The quantitative estimate of drug-likeness (QED) is 0.143. The molecule has 0 bridgehead atoms. The molecule has 320 valence electrons. The Labute approximate surface area is 397 Å². The first-order valence-corrected chi connectivity index (χ1v) is 32.6. The zero-order valence-corrected chi connectivity index (χ0v) is 41.5. The van der Waals surface area contributed by atoms with E-state index in [-0.39, 0.29) is 9.79 Å². The van der Waals surface area contributed by atoms with Crippen LogP contribution in [0.4, 0.5) is 34.1 Å². The normalized spacial score (nSPS) is 14.3. The van der Waals surface area contributed by atoms with E-state index in [1.54, 1.807) is 24.3 Å². The Balaban J connectivity index is 0.921. The van der Waals surface area contributed by atoms with Crippen LogP contribution in [0.2, 0.25) is 0 Å². The number of hydrogen-bond acceptors (Lipinski definition) is 4. The van der Waals surface area contributed by atoms with Crippen molar-refractivity contribution in [1.29, 1.82) is 0 Å². The van der Waals surface area contributed by atoms with E-state index >= 15 is 0 Å². The van der Waals surface area contributed by atoms with Gasteiger partial charge in [0.25, 0.3) is 0 Å². The molecule has 4 nitrogen and oxygen atoms in total.